The molecule has 0 atom stereocenters. The summed E-state index contributed by atoms with van der Waals surface area (Å²) in [7, 11) is 6.04. The number of fused-ring (bicyclic) bond motifs is 3. The fourth-order valence-corrected chi connectivity index (χ4v) is 7.51. The lowest BCUT2D eigenvalue weighted by molar-refractivity contribution is 0.348. The van der Waals surface area contributed by atoms with Crippen LogP contribution in [0.2, 0.25) is 0 Å². The Morgan fingerprint density at radius 2 is 0.770 bits per heavy atom. The van der Waals surface area contributed by atoms with Crippen LogP contribution in [0, 0.1) is 0 Å². The monoisotopic (exact) mass is 812 g/mol. The van der Waals surface area contributed by atoms with Crippen molar-refractivity contribution in [1.82, 2.24) is 19.5 Å². The van der Waals surface area contributed by atoms with Crippen molar-refractivity contribution in [2.24, 2.45) is 0 Å². The van der Waals surface area contributed by atoms with Crippen molar-refractivity contribution in [3.8, 4) is 125 Å². The van der Waals surface area contributed by atoms with E-state index < -0.39 is 102 Å². The number of rotatable bonds is 6. The van der Waals surface area contributed by atoms with Gasteiger partial charge in [0.1, 0.15) is 18.9 Å². The number of hydrogen-bond donors (Lipinski definition) is 11. The zero-order chi connectivity index (χ0) is 43.0. The van der Waals surface area contributed by atoms with Gasteiger partial charge in [0.15, 0.2) is 57.7 Å². The minimum absolute atomic E-state index is 0.0790. The van der Waals surface area contributed by atoms with Gasteiger partial charge in [0, 0.05) is 27.8 Å². The standard InChI is InChI=1S/C45H29BN4O11/c46-29-25(33(52)39(58)41(60)37(29)56)28-32(51)30-26(34(53)36(28)55)27-31(38(57)42(61)40(59)35(27)54)50(30)24-17-16-22(18-23(24)19-10-4-1-5-11-19)45-48-43(20-12-6-2-7-13-20)47-44(49-45)21-14-8-3-9-15-21/h1-18,51-61H. The zero-order valence-electron chi connectivity index (χ0n) is 31.2. The second-order valence-electron chi connectivity index (χ2n) is 13.9. The summed E-state index contributed by atoms with van der Waals surface area (Å²) in [5, 5.41) is 121. The Morgan fingerprint density at radius 1 is 0.361 bits per heavy atom. The van der Waals surface area contributed by atoms with Crippen molar-refractivity contribution < 1.29 is 56.2 Å². The van der Waals surface area contributed by atoms with Crippen molar-refractivity contribution in [3.05, 3.63) is 109 Å². The van der Waals surface area contributed by atoms with E-state index in [-0.39, 0.29) is 11.5 Å². The topological polar surface area (TPSA) is 266 Å². The summed E-state index contributed by atoms with van der Waals surface area (Å²) >= 11 is 0. The lowest BCUT2D eigenvalue weighted by Crippen LogP contribution is -2.09. The van der Waals surface area contributed by atoms with Crippen molar-refractivity contribution in [1.29, 1.82) is 0 Å². The molecule has 0 aliphatic rings. The van der Waals surface area contributed by atoms with Crippen molar-refractivity contribution in [2.45, 2.75) is 0 Å². The van der Waals surface area contributed by atoms with Gasteiger partial charge >= 0.3 is 0 Å². The third-order valence-electron chi connectivity index (χ3n) is 10.4. The summed E-state index contributed by atoms with van der Waals surface area (Å²) in [5.41, 5.74) is -0.780. The minimum atomic E-state index is -1.29. The minimum Gasteiger partial charge on any atom is -0.505 e. The smallest absolute Gasteiger partial charge is 0.206 e. The molecule has 0 aliphatic carbocycles. The Kier molecular flexibility index (Phi) is 8.64. The van der Waals surface area contributed by atoms with Gasteiger partial charge in [-0.1, -0.05) is 91.0 Å². The van der Waals surface area contributed by atoms with Crippen LogP contribution in [0.4, 0.5) is 0 Å². The molecule has 0 spiro atoms. The second kappa shape index (κ2) is 14.0. The molecule has 9 rings (SSSR count). The Hall–Kier alpha value is -8.79. The third-order valence-corrected chi connectivity index (χ3v) is 10.4. The first kappa shape index (κ1) is 37.8. The molecule has 0 saturated heterocycles. The lowest BCUT2D eigenvalue weighted by atomic mass is 9.83. The van der Waals surface area contributed by atoms with E-state index in [9.17, 15) is 56.2 Å². The van der Waals surface area contributed by atoms with E-state index in [0.29, 0.717) is 39.5 Å². The highest BCUT2D eigenvalue weighted by molar-refractivity contribution is 6.39. The van der Waals surface area contributed by atoms with Crippen LogP contribution in [-0.2, 0) is 0 Å². The van der Waals surface area contributed by atoms with Gasteiger partial charge < -0.3 is 60.7 Å². The lowest BCUT2D eigenvalue weighted by Gasteiger charge is -2.20. The Morgan fingerprint density at radius 3 is 1.31 bits per heavy atom. The maximum Gasteiger partial charge on any atom is 0.206 e. The maximum absolute atomic E-state index is 12.2. The Balaban J connectivity index is 1.42. The van der Waals surface area contributed by atoms with Crippen LogP contribution in [0.5, 0.6) is 63.2 Å². The summed E-state index contributed by atoms with van der Waals surface area (Å²) in [6.45, 7) is 0. The van der Waals surface area contributed by atoms with Gasteiger partial charge in [0.2, 0.25) is 23.0 Å². The molecule has 15 nitrogen and oxygen atoms in total. The SMILES string of the molecule is [B]c1c(O)c(O)c(O)c(O)c1-c1c(O)c(O)c2c3c(O)c(O)c(O)c(O)c3n(-c3ccc(-c4nc(-c5ccccc5)nc(-c5ccccc5)n4)cc3-c3ccccc3)c2c1O. The first-order valence-corrected chi connectivity index (χ1v) is 18.2. The van der Waals surface area contributed by atoms with Gasteiger partial charge in [-0.2, -0.15) is 0 Å². The van der Waals surface area contributed by atoms with E-state index in [1.54, 1.807) is 42.5 Å². The summed E-state index contributed by atoms with van der Waals surface area (Å²) in [5.74, 6) is -11.8. The van der Waals surface area contributed by atoms with E-state index in [0.717, 1.165) is 4.57 Å². The van der Waals surface area contributed by atoms with Crippen molar-refractivity contribution in [3.63, 3.8) is 0 Å². The molecular weight excluding hydrogens is 783 g/mol. The van der Waals surface area contributed by atoms with Crippen LogP contribution in [0.15, 0.2) is 109 Å². The fraction of sp³-hybridized carbons (Fsp3) is 0. The van der Waals surface area contributed by atoms with Crippen LogP contribution in [0.25, 0.3) is 83.9 Å². The predicted molar refractivity (Wildman–Crippen MR) is 225 cm³/mol. The molecule has 2 radical (unpaired) electrons. The third kappa shape index (κ3) is 5.65. The number of aromatic nitrogens is 4. The van der Waals surface area contributed by atoms with Gasteiger partial charge in [-0.05, 0) is 29.2 Å². The molecule has 0 saturated carbocycles. The number of hydrogen-bond acceptors (Lipinski definition) is 14. The summed E-state index contributed by atoms with van der Waals surface area (Å²) in [4.78, 5) is 14.4. The molecule has 9 aromatic rings. The first-order chi connectivity index (χ1) is 29.3. The van der Waals surface area contributed by atoms with Crippen LogP contribution >= 0.6 is 0 Å². The number of benzene rings is 7. The molecule has 61 heavy (non-hydrogen) atoms. The van der Waals surface area contributed by atoms with Crippen molar-refractivity contribution >= 4 is 35.1 Å². The normalized spacial score (nSPS) is 11.4. The van der Waals surface area contributed by atoms with E-state index >= 15 is 0 Å². The number of phenols is 11. The average molecular weight is 813 g/mol. The van der Waals surface area contributed by atoms with E-state index in [1.165, 1.54) is 6.07 Å². The largest absolute Gasteiger partial charge is 0.505 e. The van der Waals surface area contributed by atoms with Gasteiger partial charge in [0.25, 0.3) is 0 Å². The van der Waals surface area contributed by atoms with Gasteiger partial charge in [-0.25, -0.2) is 15.0 Å². The molecule has 0 fully saturated rings. The van der Waals surface area contributed by atoms with E-state index in [4.69, 9.17) is 22.8 Å². The maximum atomic E-state index is 12.2. The summed E-state index contributed by atoms with van der Waals surface area (Å²) < 4.78 is 1.11. The molecule has 0 unspecified atom stereocenters. The molecule has 2 aromatic heterocycles. The summed E-state index contributed by atoms with van der Waals surface area (Å²) in [6, 6.07) is 32.1. The zero-order valence-corrected chi connectivity index (χ0v) is 31.2. The molecule has 7 aromatic carbocycles. The van der Waals surface area contributed by atoms with E-state index in [2.05, 4.69) is 0 Å². The van der Waals surface area contributed by atoms with Gasteiger partial charge in [-0.3, -0.25) is 0 Å². The predicted octanol–water partition coefficient (Wildman–Crippen LogP) is 6.86. The molecule has 298 valence electrons. The van der Waals surface area contributed by atoms with Crippen LogP contribution in [0.1, 0.15) is 0 Å². The highest BCUT2D eigenvalue weighted by Crippen LogP contribution is 2.61. The number of nitrogens with zero attached hydrogens (tertiary/aromatic N) is 4. The molecule has 11 N–H and O–H groups in total. The average Bonchev–Trinajstić information content (AvgIpc) is 3.66. The van der Waals surface area contributed by atoms with Gasteiger partial charge in [-0.15, -0.1) is 0 Å². The molecule has 0 amide bonds. The number of aromatic hydroxyl groups is 11. The number of phenolic OH excluding ortho intramolecular Hbond substituents is 11. The second-order valence-corrected chi connectivity index (χ2v) is 13.9. The van der Waals surface area contributed by atoms with Crippen molar-refractivity contribution in [2.75, 3.05) is 0 Å². The molecule has 16 heteroatoms. The Bertz CT molecular complexity index is 3190. The quantitative estimate of drug-likeness (QED) is 0.0466. The highest BCUT2D eigenvalue weighted by Gasteiger charge is 2.35. The molecule has 0 bridgehead atoms. The summed E-state index contributed by atoms with van der Waals surface area (Å²) in [6.07, 6.45) is 0. The molecule has 2 heterocycles. The molecule has 0 aliphatic heterocycles. The van der Waals surface area contributed by atoms with Gasteiger partial charge in [0.05, 0.1) is 22.0 Å². The van der Waals surface area contributed by atoms with E-state index in [1.807, 2.05) is 60.7 Å². The Labute approximate surface area is 344 Å². The van der Waals surface area contributed by atoms with Crippen LogP contribution in [-0.4, -0.2) is 83.5 Å². The fourth-order valence-electron chi connectivity index (χ4n) is 7.51. The van der Waals surface area contributed by atoms with Crippen LogP contribution in [0.3, 0.4) is 0 Å². The first-order valence-electron chi connectivity index (χ1n) is 18.2. The highest BCUT2D eigenvalue weighted by atomic mass is 16.4. The van der Waals surface area contributed by atoms with Crippen LogP contribution < -0.4 is 5.46 Å². The molecular formula is C45H29BN4O11.